The topological polar surface area (TPSA) is 51.4 Å². The molecule has 0 saturated carbocycles. The number of ether oxygens (including phenoxy) is 1. The van der Waals surface area contributed by atoms with E-state index < -0.39 is 0 Å². The highest BCUT2D eigenvalue weighted by Crippen LogP contribution is 2.39. The van der Waals surface area contributed by atoms with Gasteiger partial charge in [-0.3, -0.25) is 0 Å². The molecule has 0 bridgehead atoms. The third-order valence-electron chi connectivity index (χ3n) is 3.50. The van der Waals surface area contributed by atoms with Crippen molar-refractivity contribution in [1.82, 2.24) is 4.37 Å². The summed E-state index contributed by atoms with van der Waals surface area (Å²) in [6.45, 7) is 1.90. The number of aromatic nitrogens is 1. The van der Waals surface area contributed by atoms with Crippen molar-refractivity contribution in [3.05, 3.63) is 35.4 Å². The molecule has 2 aromatic rings. The van der Waals surface area contributed by atoms with Crippen LogP contribution in [0, 0.1) is 0 Å². The van der Waals surface area contributed by atoms with Gasteiger partial charge in [-0.05, 0) is 35.5 Å². The van der Waals surface area contributed by atoms with E-state index in [9.17, 15) is 0 Å². The number of hydrogen-bond donors (Lipinski definition) is 1. The number of rotatable bonds is 2. The molecule has 5 heteroatoms. The van der Waals surface area contributed by atoms with Crippen LogP contribution in [0.5, 0.6) is 5.75 Å². The number of aryl methyl sites for hydroxylation is 1. The van der Waals surface area contributed by atoms with Gasteiger partial charge in [0.15, 0.2) is 16.6 Å². The van der Waals surface area contributed by atoms with E-state index in [1.807, 2.05) is 0 Å². The van der Waals surface area contributed by atoms with Gasteiger partial charge in [-0.2, -0.15) is 4.37 Å². The second kappa shape index (κ2) is 5.09. The predicted molar refractivity (Wildman–Crippen MR) is 78.9 cm³/mol. The Kier molecular flexibility index (Phi) is 3.29. The second-order valence-corrected chi connectivity index (χ2v) is 5.45. The summed E-state index contributed by atoms with van der Waals surface area (Å²) in [4.78, 5) is 2.32. The molecule has 1 aliphatic rings. The van der Waals surface area contributed by atoms with Gasteiger partial charge in [0.1, 0.15) is 0 Å². The van der Waals surface area contributed by atoms with Crippen LogP contribution in [0.1, 0.15) is 17.5 Å². The SMILES string of the molecule is COc1c(N)nsc1N1CCCc2ccccc2C1. The van der Waals surface area contributed by atoms with Gasteiger partial charge in [0, 0.05) is 13.1 Å². The van der Waals surface area contributed by atoms with Crippen LogP contribution in [0.25, 0.3) is 0 Å². The van der Waals surface area contributed by atoms with Crippen LogP contribution in [0.2, 0.25) is 0 Å². The minimum atomic E-state index is 0.486. The first-order valence-corrected chi connectivity index (χ1v) is 7.18. The quantitative estimate of drug-likeness (QED) is 0.915. The molecule has 2 N–H and O–H groups in total. The number of hydrogen-bond acceptors (Lipinski definition) is 5. The fourth-order valence-corrected chi connectivity index (χ4v) is 3.36. The standard InChI is InChI=1S/C14H17N3OS/c1-18-12-13(15)16-19-14(12)17-8-4-7-10-5-2-3-6-11(10)9-17/h2-3,5-6H,4,7-9H2,1H3,(H2,15,16). The molecule has 0 aliphatic carbocycles. The molecule has 0 amide bonds. The molecular weight excluding hydrogens is 258 g/mol. The molecule has 0 fully saturated rings. The maximum Gasteiger partial charge on any atom is 0.197 e. The van der Waals surface area contributed by atoms with Gasteiger partial charge in [0.05, 0.1) is 7.11 Å². The number of nitrogens with two attached hydrogens (primary N) is 1. The van der Waals surface area contributed by atoms with E-state index in [1.54, 1.807) is 7.11 Å². The van der Waals surface area contributed by atoms with Crippen LogP contribution in [0.3, 0.4) is 0 Å². The molecule has 1 aromatic carbocycles. The maximum atomic E-state index is 5.84. The van der Waals surface area contributed by atoms with Gasteiger partial charge in [-0.1, -0.05) is 24.3 Å². The van der Waals surface area contributed by atoms with Crippen LogP contribution in [-0.2, 0) is 13.0 Å². The highest BCUT2D eigenvalue weighted by atomic mass is 32.1. The Morgan fingerprint density at radius 2 is 2.11 bits per heavy atom. The molecule has 0 spiro atoms. The van der Waals surface area contributed by atoms with E-state index in [-0.39, 0.29) is 0 Å². The zero-order chi connectivity index (χ0) is 13.2. The van der Waals surface area contributed by atoms with Gasteiger partial charge >= 0.3 is 0 Å². The van der Waals surface area contributed by atoms with Crippen LogP contribution < -0.4 is 15.4 Å². The fourth-order valence-electron chi connectivity index (χ4n) is 2.55. The molecule has 19 heavy (non-hydrogen) atoms. The van der Waals surface area contributed by atoms with Crippen LogP contribution >= 0.6 is 11.5 Å². The van der Waals surface area contributed by atoms with E-state index in [2.05, 4.69) is 33.5 Å². The number of nitrogen functional groups attached to an aromatic ring is 1. The van der Waals surface area contributed by atoms with Crippen molar-refractivity contribution in [1.29, 1.82) is 0 Å². The summed E-state index contributed by atoms with van der Waals surface area (Å²) in [5, 5.41) is 1.04. The van der Waals surface area contributed by atoms with Gasteiger partial charge in [-0.25, -0.2) is 0 Å². The third-order valence-corrected chi connectivity index (χ3v) is 4.41. The first-order chi connectivity index (χ1) is 9.29. The van der Waals surface area contributed by atoms with Crippen molar-refractivity contribution in [3.8, 4) is 5.75 Å². The molecule has 4 nitrogen and oxygen atoms in total. The Bertz CT molecular complexity index is 582. The number of anilines is 2. The molecule has 3 rings (SSSR count). The molecule has 0 atom stereocenters. The number of nitrogens with zero attached hydrogens (tertiary/aromatic N) is 2. The highest BCUT2D eigenvalue weighted by Gasteiger charge is 2.21. The van der Waals surface area contributed by atoms with Gasteiger partial charge in [0.25, 0.3) is 0 Å². The summed E-state index contributed by atoms with van der Waals surface area (Å²) in [6.07, 6.45) is 2.27. The van der Waals surface area contributed by atoms with E-state index in [4.69, 9.17) is 10.5 Å². The van der Waals surface area contributed by atoms with Crippen LogP contribution in [0.4, 0.5) is 10.8 Å². The monoisotopic (exact) mass is 275 g/mol. The maximum absolute atomic E-state index is 5.84. The molecule has 1 aliphatic heterocycles. The van der Waals surface area contributed by atoms with E-state index in [0.29, 0.717) is 11.6 Å². The van der Waals surface area contributed by atoms with Gasteiger partial charge in [-0.15, -0.1) is 0 Å². The lowest BCUT2D eigenvalue weighted by molar-refractivity contribution is 0.417. The zero-order valence-electron chi connectivity index (χ0n) is 10.9. The van der Waals surface area contributed by atoms with Gasteiger partial charge in [0.2, 0.25) is 0 Å². The Hall–Kier alpha value is -1.75. The predicted octanol–water partition coefficient (Wildman–Crippen LogP) is 2.69. The van der Waals surface area contributed by atoms with Crippen molar-refractivity contribution in [2.24, 2.45) is 0 Å². The Morgan fingerprint density at radius 3 is 2.89 bits per heavy atom. The molecular formula is C14H17N3OS. The second-order valence-electron chi connectivity index (χ2n) is 4.70. The summed E-state index contributed by atoms with van der Waals surface area (Å²) >= 11 is 1.42. The van der Waals surface area contributed by atoms with Crippen LogP contribution in [-0.4, -0.2) is 18.0 Å². The molecule has 0 radical (unpaired) electrons. The third kappa shape index (κ3) is 2.26. The van der Waals surface area contributed by atoms with Crippen LogP contribution in [0.15, 0.2) is 24.3 Å². The molecule has 0 unspecified atom stereocenters. The number of methoxy groups -OCH3 is 1. The molecule has 1 aromatic heterocycles. The normalized spacial score (nSPS) is 14.9. The summed E-state index contributed by atoms with van der Waals surface area (Å²) in [5.41, 5.74) is 8.67. The Morgan fingerprint density at radius 1 is 1.32 bits per heavy atom. The summed E-state index contributed by atoms with van der Waals surface area (Å²) in [7, 11) is 1.65. The lowest BCUT2D eigenvalue weighted by Gasteiger charge is -2.21. The Labute approximate surface area is 117 Å². The molecule has 0 saturated heterocycles. The Balaban J connectivity index is 1.94. The fraction of sp³-hybridized carbons (Fsp3) is 0.357. The number of benzene rings is 1. The average Bonchev–Trinajstić information content (AvgIpc) is 2.68. The van der Waals surface area contributed by atoms with Gasteiger partial charge < -0.3 is 15.4 Å². The molecule has 100 valence electrons. The summed E-state index contributed by atoms with van der Waals surface area (Å²) < 4.78 is 9.58. The molecule has 2 heterocycles. The van der Waals surface area contributed by atoms with E-state index >= 15 is 0 Å². The minimum absolute atomic E-state index is 0.486. The zero-order valence-corrected chi connectivity index (χ0v) is 11.7. The smallest absolute Gasteiger partial charge is 0.197 e. The minimum Gasteiger partial charge on any atom is -0.490 e. The average molecular weight is 275 g/mol. The van der Waals surface area contributed by atoms with Crippen molar-refractivity contribution >= 4 is 22.4 Å². The summed E-state index contributed by atoms with van der Waals surface area (Å²) in [5.74, 6) is 1.20. The van der Waals surface area contributed by atoms with Crippen molar-refractivity contribution in [2.45, 2.75) is 19.4 Å². The summed E-state index contributed by atoms with van der Waals surface area (Å²) in [6, 6.07) is 8.63. The first kappa shape index (κ1) is 12.3. The lowest BCUT2D eigenvalue weighted by atomic mass is 10.0. The first-order valence-electron chi connectivity index (χ1n) is 6.40. The van der Waals surface area contributed by atoms with Crippen molar-refractivity contribution in [2.75, 3.05) is 24.3 Å². The number of fused-ring (bicyclic) bond motifs is 1. The highest BCUT2D eigenvalue weighted by molar-refractivity contribution is 7.11. The largest absolute Gasteiger partial charge is 0.490 e. The lowest BCUT2D eigenvalue weighted by Crippen LogP contribution is -2.22. The van der Waals surface area contributed by atoms with Crippen molar-refractivity contribution < 1.29 is 4.74 Å². The van der Waals surface area contributed by atoms with E-state index in [0.717, 1.165) is 30.9 Å². The van der Waals surface area contributed by atoms with E-state index in [1.165, 1.54) is 22.7 Å². The van der Waals surface area contributed by atoms with Crippen molar-refractivity contribution in [3.63, 3.8) is 0 Å².